The lowest BCUT2D eigenvalue weighted by Crippen LogP contribution is -2.00. The Kier molecular flexibility index (Phi) is 6.52. The first kappa shape index (κ1) is 29.5. The molecule has 1 aliphatic carbocycles. The molecule has 0 radical (unpaired) electrons. The fourth-order valence-corrected chi connectivity index (χ4v) is 7.93. The molecular formula is C49H29N3O. The molecule has 0 amide bonds. The van der Waals surface area contributed by atoms with E-state index in [-0.39, 0.29) is 0 Å². The van der Waals surface area contributed by atoms with E-state index in [4.69, 9.17) is 19.4 Å². The number of benzene rings is 8. The summed E-state index contributed by atoms with van der Waals surface area (Å²) in [5.41, 5.74) is 14.0. The maximum absolute atomic E-state index is 6.58. The zero-order valence-electron chi connectivity index (χ0n) is 28.5. The lowest BCUT2D eigenvalue weighted by Gasteiger charge is -2.10. The molecule has 0 bridgehead atoms. The Bertz CT molecular complexity index is 3020. The van der Waals surface area contributed by atoms with Gasteiger partial charge in [0.25, 0.3) is 0 Å². The second kappa shape index (κ2) is 11.7. The summed E-state index contributed by atoms with van der Waals surface area (Å²) in [7, 11) is 0. The van der Waals surface area contributed by atoms with Gasteiger partial charge in [0.1, 0.15) is 11.2 Å². The summed E-state index contributed by atoms with van der Waals surface area (Å²) in [6, 6.07) is 61.5. The molecule has 0 saturated heterocycles. The van der Waals surface area contributed by atoms with Crippen LogP contribution in [0, 0.1) is 0 Å². The highest BCUT2D eigenvalue weighted by molar-refractivity contribution is 6.20. The van der Waals surface area contributed by atoms with Crippen molar-refractivity contribution in [1.29, 1.82) is 0 Å². The van der Waals surface area contributed by atoms with E-state index in [2.05, 4.69) is 127 Å². The molecule has 0 saturated carbocycles. The summed E-state index contributed by atoms with van der Waals surface area (Å²) in [5, 5.41) is 4.59. The van der Waals surface area contributed by atoms with E-state index in [9.17, 15) is 0 Å². The molecule has 0 N–H and O–H groups in total. The highest BCUT2D eigenvalue weighted by atomic mass is 16.3. The van der Waals surface area contributed by atoms with Crippen LogP contribution in [0.1, 0.15) is 0 Å². The van der Waals surface area contributed by atoms with Gasteiger partial charge in [-0.1, -0.05) is 158 Å². The average Bonchev–Trinajstić information content (AvgIpc) is 3.76. The number of aromatic nitrogens is 3. The van der Waals surface area contributed by atoms with E-state index < -0.39 is 0 Å². The largest absolute Gasteiger partial charge is 0.456 e. The molecule has 1 aliphatic rings. The maximum Gasteiger partial charge on any atom is 0.164 e. The number of furan rings is 1. The fourth-order valence-electron chi connectivity index (χ4n) is 7.93. The van der Waals surface area contributed by atoms with Gasteiger partial charge in [0.2, 0.25) is 0 Å². The second-order valence-electron chi connectivity index (χ2n) is 13.6. The molecule has 2 heterocycles. The molecule has 11 rings (SSSR count). The Morgan fingerprint density at radius 2 is 0.774 bits per heavy atom. The predicted molar refractivity (Wildman–Crippen MR) is 216 cm³/mol. The van der Waals surface area contributed by atoms with Crippen LogP contribution in [0.5, 0.6) is 0 Å². The van der Waals surface area contributed by atoms with Crippen molar-refractivity contribution in [2.45, 2.75) is 0 Å². The van der Waals surface area contributed by atoms with Crippen molar-refractivity contribution in [1.82, 2.24) is 15.0 Å². The molecule has 0 aliphatic heterocycles. The molecule has 0 atom stereocenters. The van der Waals surface area contributed by atoms with Gasteiger partial charge in [0.05, 0.1) is 0 Å². The maximum atomic E-state index is 6.58. The smallest absolute Gasteiger partial charge is 0.164 e. The third-order valence-corrected chi connectivity index (χ3v) is 10.5. The lowest BCUT2D eigenvalue weighted by atomic mass is 9.99. The van der Waals surface area contributed by atoms with Crippen molar-refractivity contribution in [3.63, 3.8) is 0 Å². The zero-order chi connectivity index (χ0) is 34.9. The summed E-state index contributed by atoms with van der Waals surface area (Å²) in [6.07, 6.45) is 0. The van der Waals surface area contributed by atoms with E-state index in [0.717, 1.165) is 49.8 Å². The lowest BCUT2D eigenvalue weighted by molar-refractivity contribution is 0.669. The van der Waals surface area contributed by atoms with Gasteiger partial charge < -0.3 is 4.42 Å². The first-order valence-electron chi connectivity index (χ1n) is 17.9. The van der Waals surface area contributed by atoms with E-state index in [1.165, 1.54) is 44.2 Å². The van der Waals surface area contributed by atoms with Crippen LogP contribution in [0.2, 0.25) is 0 Å². The molecule has 53 heavy (non-hydrogen) atoms. The van der Waals surface area contributed by atoms with Gasteiger partial charge >= 0.3 is 0 Å². The van der Waals surface area contributed by atoms with Gasteiger partial charge in [-0.25, -0.2) is 15.0 Å². The second-order valence-corrected chi connectivity index (χ2v) is 13.6. The van der Waals surface area contributed by atoms with Gasteiger partial charge in [-0.3, -0.25) is 0 Å². The Morgan fingerprint density at radius 3 is 1.40 bits per heavy atom. The summed E-state index contributed by atoms with van der Waals surface area (Å²) < 4.78 is 6.58. The first-order valence-corrected chi connectivity index (χ1v) is 17.9. The van der Waals surface area contributed by atoms with Gasteiger partial charge in [0.15, 0.2) is 17.5 Å². The van der Waals surface area contributed by atoms with Crippen molar-refractivity contribution >= 4 is 32.7 Å². The summed E-state index contributed by atoms with van der Waals surface area (Å²) >= 11 is 0. The minimum atomic E-state index is 0.605. The minimum absolute atomic E-state index is 0.605. The molecule has 0 unspecified atom stereocenters. The number of rotatable bonds is 5. The fraction of sp³-hybridized carbons (Fsp3) is 0. The predicted octanol–water partition coefficient (Wildman–Crippen LogP) is 12.9. The van der Waals surface area contributed by atoms with Crippen LogP contribution in [0.15, 0.2) is 180 Å². The minimum Gasteiger partial charge on any atom is -0.456 e. The average molecular weight is 676 g/mol. The van der Waals surface area contributed by atoms with E-state index in [1.54, 1.807) is 0 Å². The third-order valence-electron chi connectivity index (χ3n) is 10.5. The topological polar surface area (TPSA) is 51.8 Å². The summed E-state index contributed by atoms with van der Waals surface area (Å²) in [4.78, 5) is 15.3. The van der Waals surface area contributed by atoms with Gasteiger partial charge in [-0.05, 0) is 73.5 Å². The Hall–Kier alpha value is -7.17. The monoisotopic (exact) mass is 675 g/mol. The number of hydrogen-bond donors (Lipinski definition) is 0. The van der Waals surface area contributed by atoms with Crippen LogP contribution in [0.4, 0.5) is 0 Å². The van der Waals surface area contributed by atoms with Gasteiger partial charge in [-0.15, -0.1) is 0 Å². The highest BCUT2D eigenvalue weighted by Crippen LogP contribution is 2.50. The molecule has 2 aromatic heterocycles. The molecule has 246 valence electrons. The van der Waals surface area contributed by atoms with Crippen molar-refractivity contribution in [2.75, 3.05) is 0 Å². The quantitative estimate of drug-likeness (QED) is 0.182. The van der Waals surface area contributed by atoms with E-state index in [0.29, 0.717) is 17.5 Å². The molecule has 4 nitrogen and oxygen atoms in total. The van der Waals surface area contributed by atoms with Crippen LogP contribution in [0.25, 0.3) is 111 Å². The molecule has 8 aromatic carbocycles. The highest BCUT2D eigenvalue weighted by Gasteiger charge is 2.25. The van der Waals surface area contributed by atoms with E-state index >= 15 is 0 Å². The molecule has 0 spiro atoms. The first-order chi connectivity index (χ1) is 26.2. The van der Waals surface area contributed by atoms with Crippen LogP contribution in [-0.2, 0) is 0 Å². The van der Waals surface area contributed by atoms with Crippen molar-refractivity contribution < 1.29 is 4.42 Å². The van der Waals surface area contributed by atoms with Crippen LogP contribution < -0.4 is 0 Å². The summed E-state index contributed by atoms with van der Waals surface area (Å²) in [5.74, 6) is 1.85. The van der Waals surface area contributed by atoms with Crippen LogP contribution in [0.3, 0.4) is 0 Å². The van der Waals surface area contributed by atoms with E-state index in [1.807, 2.05) is 48.5 Å². The Balaban J connectivity index is 1.04. The SMILES string of the molecule is c1ccc(-c2ccc(-c3ccc(-c4nc(-c5ccccc5)nc(-c5cccc6oc7cc8c(cc7c56)-c5cccc6cccc-8c56)n4)cc3)cc2)cc1. The number of fused-ring (bicyclic) bond motifs is 6. The molecule has 10 aromatic rings. The number of nitrogens with zero attached hydrogens (tertiary/aromatic N) is 3. The normalized spacial score (nSPS) is 11.8. The molecule has 4 heteroatoms. The third kappa shape index (κ3) is 4.80. The van der Waals surface area contributed by atoms with Crippen molar-refractivity contribution in [3.05, 3.63) is 176 Å². The Morgan fingerprint density at radius 1 is 0.302 bits per heavy atom. The van der Waals surface area contributed by atoms with Crippen molar-refractivity contribution in [3.8, 4) is 78.7 Å². The molecular weight excluding hydrogens is 647 g/mol. The molecule has 0 fully saturated rings. The van der Waals surface area contributed by atoms with Gasteiger partial charge in [-0.2, -0.15) is 0 Å². The number of hydrogen-bond acceptors (Lipinski definition) is 4. The van der Waals surface area contributed by atoms with Crippen molar-refractivity contribution in [2.24, 2.45) is 0 Å². The van der Waals surface area contributed by atoms with Crippen LogP contribution in [-0.4, -0.2) is 15.0 Å². The summed E-state index contributed by atoms with van der Waals surface area (Å²) in [6.45, 7) is 0. The Labute approximate surface area is 305 Å². The van der Waals surface area contributed by atoms with Gasteiger partial charge in [0, 0.05) is 27.5 Å². The van der Waals surface area contributed by atoms with Crippen LogP contribution >= 0.6 is 0 Å². The standard InChI is InChI=1S/C49H29N3O/c1-3-10-30(11-4-1)31-20-22-32(23-21-31)33-24-26-36(27-25-33)48-50-47(35-12-5-2-6-13-35)51-49(52-48)39-18-9-19-43-46(39)42-28-40-37-16-7-14-34-15-8-17-38(45(34)37)41(40)29-44(42)53-43/h1-29H. The zero-order valence-corrected chi connectivity index (χ0v) is 28.5.